The van der Waals surface area contributed by atoms with Crippen LogP contribution in [0.1, 0.15) is 36.0 Å². The van der Waals surface area contributed by atoms with E-state index in [4.69, 9.17) is 17.3 Å². The molecule has 0 spiro atoms. The molecule has 1 fully saturated rings. The highest BCUT2D eigenvalue weighted by atomic mass is 35.5. The first-order valence-electron chi connectivity index (χ1n) is 7.29. The number of nitrogens with two attached hydrogens (primary N) is 1. The van der Waals surface area contributed by atoms with Crippen molar-refractivity contribution in [3.05, 3.63) is 40.4 Å². The fourth-order valence-electron chi connectivity index (χ4n) is 3.36. The first-order valence-corrected chi connectivity index (χ1v) is 7.67. The quantitative estimate of drug-likeness (QED) is 0.877. The van der Waals surface area contributed by atoms with Gasteiger partial charge in [0.15, 0.2) is 0 Å². The van der Waals surface area contributed by atoms with Crippen molar-refractivity contribution < 1.29 is 8.78 Å². The lowest BCUT2D eigenvalue weighted by Gasteiger charge is -2.34. The van der Waals surface area contributed by atoms with E-state index in [0.29, 0.717) is 23.7 Å². The maximum Gasteiger partial charge on any atom is 0.249 e. The van der Waals surface area contributed by atoms with Gasteiger partial charge in [0.1, 0.15) is 11.6 Å². The van der Waals surface area contributed by atoms with Crippen molar-refractivity contribution in [1.82, 2.24) is 14.8 Å². The van der Waals surface area contributed by atoms with E-state index in [1.807, 2.05) is 16.7 Å². The summed E-state index contributed by atoms with van der Waals surface area (Å²) in [6.07, 6.45) is 0.919. The van der Waals surface area contributed by atoms with Crippen LogP contribution >= 0.6 is 11.6 Å². The van der Waals surface area contributed by atoms with Gasteiger partial charge in [-0.25, -0.2) is 8.78 Å². The Bertz CT molecular complexity index is 735. The predicted octanol–water partition coefficient (Wildman–Crippen LogP) is 2.86. The SMILES string of the molecule is NC1Cc2cc(Cl)ccc2-n2c(nnc2C2CC(F)(F)C2)C1. The summed E-state index contributed by atoms with van der Waals surface area (Å²) in [5.41, 5.74) is 8.06. The molecule has 2 heterocycles. The van der Waals surface area contributed by atoms with Crippen LogP contribution in [0.15, 0.2) is 18.2 Å². The Hall–Kier alpha value is -1.53. The number of rotatable bonds is 1. The number of nitrogens with zero attached hydrogens (tertiary/aromatic N) is 3. The van der Waals surface area contributed by atoms with Crippen LogP contribution in [-0.2, 0) is 12.8 Å². The van der Waals surface area contributed by atoms with Gasteiger partial charge in [-0.15, -0.1) is 10.2 Å². The van der Waals surface area contributed by atoms with E-state index < -0.39 is 5.92 Å². The highest BCUT2D eigenvalue weighted by Gasteiger charge is 2.48. The van der Waals surface area contributed by atoms with Crippen LogP contribution in [0.4, 0.5) is 8.78 Å². The molecule has 7 heteroatoms. The molecule has 0 bridgehead atoms. The molecular formula is C15H15ClF2N4. The molecule has 2 aliphatic rings. The van der Waals surface area contributed by atoms with Gasteiger partial charge in [-0.3, -0.25) is 4.57 Å². The van der Waals surface area contributed by atoms with Crippen LogP contribution in [0.2, 0.25) is 5.02 Å². The van der Waals surface area contributed by atoms with Crippen molar-refractivity contribution in [2.75, 3.05) is 0 Å². The molecule has 116 valence electrons. The Balaban J connectivity index is 1.83. The molecule has 0 saturated heterocycles. The maximum absolute atomic E-state index is 13.2. The molecule has 1 aliphatic carbocycles. The number of benzene rings is 1. The fourth-order valence-corrected chi connectivity index (χ4v) is 3.55. The first-order chi connectivity index (χ1) is 10.4. The lowest BCUT2D eigenvalue weighted by Crippen LogP contribution is -2.35. The zero-order chi connectivity index (χ0) is 15.5. The number of hydrogen-bond donors (Lipinski definition) is 1. The summed E-state index contributed by atoms with van der Waals surface area (Å²) < 4.78 is 28.3. The molecule has 2 aromatic rings. The number of aromatic nitrogens is 3. The summed E-state index contributed by atoms with van der Waals surface area (Å²) in [5, 5.41) is 9.01. The predicted molar refractivity (Wildman–Crippen MR) is 78.7 cm³/mol. The van der Waals surface area contributed by atoms with Crippen molar-refractivity contribution in [2.45, 2.75) is 43.6 Å². The summed E-state index contributed by atoms with van der Waals surface area (Å²) in [5.74, 6) is -1.49. The summed E-state index contributed by atoms with van der Waals surface area (Å²) in [6, 6.07) is 5.48. The largest absolute Gasteiger partial charge is 0.327 e. The van der Waals surface area contributed by atoms with Crippen LogP contribution in [0.5, 0.6) is 0 Å². The van der Waals surface area contributed by atoms with Gasteiger partial charge in [0.25, 0.3) is 0 Å². The van der Waals surface area contributed by atoms with E-state index in [2.05, 4.69) is 10.2 Å². The second-order valence-corrected chi connectivity index (χ2v) is 6.65. The molecule has 1 atom stereocenters. The lowest BCUT2D eigenvalue weighted by atomic mass is 9.80. The van der Waals surface area contributed by atoms with Crippen molar-refractivity contribution >= 4 is 11.6 Å². The molecule has 1 saturated carbocycles. The second-order valence-electron chi connectivity index (χ2n) is 6.21. The fraction of sp³-hybridized carbons (Fsp3) is 0.467. The molecule has 0 radical (unpaired) electrons. The third-order valence-corrected chi connectivity index (χ3v) is 4.65. The van der Waals surface area contributed by atoms with Crippen LogP contribution in [-0.4, -0.2) is 26.7 Å². The highest BCUT2D eigenvalue weighted by molar-refractivity contribution is 6.30. The average molecular weight is 325 g/mol. The third-order valence-electron chi connectivity index (χ3n) is 4.42. The Labute approximate surface area is 131 Å². The molecule has 4 nitrogen and oxygen atoms in total. The summed E-state index contributed by atoms with van der Waals surface area (Å²) in [7, 11) is 0. The Kier molecular flexibility index (Phi) is 3.03. The first kappa shape index (κ1) is 14.1. The molecule has 2 N–H and O–H groups in total. The average Bonchev–Trinajstić information content (AvgIpc) is 2.73. The van der Waals surface area contributed by atoms with E-state index in [1.54, 1.807) is 6.07 Å². The van der Waals surface area contributed by atoms with Gasteiger partial charge in [0.05, 0.1) is 5.69 Å². The number of alkyl halides is 2. The molecule has 0 amide bonds. The molecule has 1 unspecified atom stereocenters. The molecule has 1 aromatic heterocycles. The number of halogens is 3. The van der Waals surface area contributed by atoms with E-state index >= 15 is 0 Å². The van der Waals surface area contributed by atoms with Crippen molar-refractivity contribution in [3.63, 3.8) is 0 Å². The number of fused-ring (bicyclic) bond motifs is 3. The van der Waals surface area contributed by atoms with Gasteiger partial charge in [-0.1, -0.05) is 11.6 Å². The minimum absolute atomic E-state index is 0.0849. The monoisotopic (exact) mass is 324 g/mol. The van der Waals surface area contributed by atoms with Crippen LogP contribution in [0, 0.1) is 0 Å². The Morgan fingerprint density at radius 3 is 2.73 bits per heavy atom. The van der Waals surface area contributed by atoms with Gasteiger partial charge in [0.2, 0.25) is 5.92 Å². The summed E-state index contributed by atoms with van der Waals surface area (Å²) in [4.78, 5) is 0. The van der Waals surface area contributed by atoms with Crippen LogP contribution < -0.4 is 5.73 Å². The molecule has 1 aromatic carbocycles. The standard InChI is InChI=1S/C15H15ClF2N4/c16-10-1-2-12-8(3-10)4-11(19)5-13-20-21-14(22(12)13)9-6-15(17,18)7-9/h1-3,9,11H,4-7,19H2. The molecule has 22 heavy (non-hydrogen) atoms. The van der Waals surface area contributed by atoms with Crippen molar-refractivity contribution in [2.24, 2.45) is 5.73 Å². The number of hydrogen-bond acceptors (Lipinski definition) is 3. The van der Waals surface area contributed by atoms with Crippen LogP contribution in [0.25, 0.3) is 5.69 Å². The van der Waals surface area contributed by atoms with E-state index in [-0.39, 0.29) is 24.8 Å². The third kappa shape index (κ3) is 2.21. The van der Waals surface area contributed by atoms with E-state index in [9.17, 15) is 8.78 Å². The normalized spacial score (nSPS) is 23.4. The minimum Gasteiger partial charge on any atom is -0.327 e. The molecular weight excluding hydrogens is 310 g/mol. The van der Waals surface area contributed by atoms with Crippen LogP contribution in [0.3, 0.4) is 0 Å². The summed E-state index contributed by atoms with van der Waals surface area (Å²) >= 11 is 6.08. The van der Waals surface area contributed by atoms with Gasteiger partial charge in [-0.2, -0.15) is 0 Å². The lowest BCUT2D eigenvalue weighted by molar-refractivity contribution is -0.0888. The van der Waals surface area contributed by atoms with Crippen molar-refractivity contribution in [1.29, 1.82) is 0 Å². The minimum atomic E-state index is -2.58. The van der Waals surface area contributed by atoms with Gasteiger partial charge < -0.3 is 5.73 Å². The van der Waals surface area contributed by atoms with Gasteiger partial charge in [-0.05, 0) is 30.2 Å². The highest BCUT2D eigenvalue weighted by Crippen LogP contribution is 2.48. The van der Waals surface area contributed by atoms with Gasteiger partial charge >= 0.3 is 0 Å². The summed E-state index contributed by atoms with van der Waals surface area (Å²) in [6.45, 7) is 0. The molecule has 1 aliphatic heterocycles. The topological polar surface area (TPSA) is 56.7 Å². The smallest absolute Gasteiger partial charge is 0.249 e. The maximum atomic E-state index is 13.2. The van der Waals surface area contributed by atoms with E-state index in [1.165, 1.54) is 0 Å². The van der Waals surface area contributed by atoms with E-state index in [0.717, 1.165) is 17.1 Å². The second kappa shape index (κ2) is 4.73. The zero-order valence-electron chi connectivity index (χ0n) is 11.8. The molecule has 4 rings (SSSR count). The van der Waals surface area contributed by atoms with Gasteiger partial charge in [0, 0.05) is 36.2 Å². The Morgan fingerprint density at radius 1 is 1.23 bits per heavy atom. The van der Waals surface area contributed by atoms with Crippen molar-refractivity contribution in [3.8, 4) is 5.69 Å². The zero-order valence-corrected chi connectivity index (χ0v) is 12.5. The Morgan fingerprint density at radius 2 is 2.00 bits per heavy atom.